The predicted molar refractivity (Wildman–Crippen MR) is 127 cm³/mol. The van der Waals surface area contributed by atoms with E-state index < -0.39 is 5.97 Å². The predicted octanol–water partition coefficient (Wildman–Crippen LogP) is 4.45. The lowest BCUT2D eigenvalue weighted by molar-refractivity contribution is -0.147. The van der Waals surface area contributed by atoms with Crippen LogP contribution in [0.1, 0.15) is 21.5 Å². The summed E-state index contributed by atoms with van der Waals surface area (Å²) in [6, 6.07) is 17.5. The first-order valence-corrected chi connectivity index (χ1v) is 10.7. The number of hydrogen-bond donors (Lipinski definition) is 0. The summed E-state index contributed by atoms with van der Waals surface area (Å²) in [5, 5.41) is 0. The van der Waals surface area contributed by atoms with E-state index in [2.05, 4.69) is 0 Å². The van der Waals surface area contributed by atoms with Gasteiger partial charge < -0.3 is 28.4 Å². The molecule has 0 N–H and O–H groups in total. The van der Waals surface area contributed by atoms with Crippen LogP contribution in [0, 0.1) is 0 Å². The number of esters is 1. The molecule has 8 nitrogen and oxygen atoms in total. The molecule has 0 spiro atoms. The number of benzene rings is 3. The Morgan fingerprint density at radius 3 is 2.31 bits per heavy atom. The largest absolute Gasteiger partial charge is 0.496 e. The number of carbonyl (C=O) groups excluding carboxylic acids is 2. The molecular formula is C27H24O8. The fraction of sp³-hybridized carbons (Fsp3) is 0.185. The zero-order chi connectivity index (χ0) is 24.8. The number of fused-ring (bicyclic) bond motifs is 1. The number of ketones is 1. The minimum absolute atomic E-state index is 0.116. The number of carbonyl (C=O) groups is 2. The molecule has 0 atom stereocenters. The molecule has 0 amide bonds. The van der Waals surface area contributed by atoms with Crippen LogP contribution in [0.5, 0.6) is 28.7 Å². The molecule has 0 fully saturated rings. The quantitative estimate of drug-likeness (QED) is 0.331. The number of Topliss-reactive ketones (excluding diaryl/α,β-unsaturated/α-hetero) is 1. The highest BCUT2D eigenvalue weighted by molar-refractivity contribution is 6.14. The van der Waals surface area contributed by atoms with Gasteiger partial charge in [-0.2, -0.15) is 0 Å². The van der Waals surface area contributed by atoms with Crippen LogP contribution in [0.2, 0.25) is 0 Å². The summed E-state index contributed by atoms with van der Waals surface area (Å²) in [6.07, 6.45) is 1.57. The van der Waals surface area contributed by atoms with Crippen molar-refractivity contribution in [2.24, 2.45) is 0 Å². The maximum Gasteiger partial charge on any atom is 0.344 e. The SMILES string of the molecule is COc1cc(OC)c(OC)cc1/C=C1\Oc2cc(OCC(=O)OCc3ccccc3)ccc2C1=O. The van der Waals surface area contributed by atoms with Gasteiger partial charge in [0.1, 0.15) is 23.9 Å². The Labute approximate surface area is 202 Å². The molecule has 0 aliphatic carbocycles. The molecular weight excluding hydrogens is 452 g/mol. The van der Waals surface area contributed by atoms with Crippen LogP contribution in [0.25, 0.3) is 6.08 Å². The van der Waals surface area contributed by atoms with Gasteiger partial charge in [-0.05, 0) is 29.8 Å². The average molecular weight is 476 g/mol. The molecule has 1 aliphatic heterocycles. The van der Waals surface area contributed by atoms with Gasteiger partial charge in [0.2, 0.25) is 5.78 Å². The minimum Gasteiger partial charge on any atom is -0.496 e. The number of rotatable bonds is 9. The summed E-state index contributed by atoms with van der Waals surface area (Å²) in [5.41, 5.74) is 1.85. The first-order valence-electron chi connectivity index (χ1n) is 10.7. The van der Waals surface area contributed by atoms with Gasteiger partial charge in [0, 0.05) is 17.7 Å². The van der Waals surface area contributed by atoms with E-state index in [-0.39, 0.29) is 24.8 Å². The van der Waals surface area contributed by atoms with E-state index >= 15 is 0 Å². The summed E-state index contributed by atoms with van der Waals surface area (Å²) in [5.74, 6) is 1.49. The fourth-order valence-corrected chi connectivity index (χ4v) is 3.49. The van der Waals surface area contributed by atoms with Crippen molar-refractivity contribution in [3.05, 3.63) is 83.1 Å². The van der Waals surface area contributed by atoms with Crippen LogP contribution in [0.3, 0.4) is 0 Å². The third-order valence-corrected chi connectivity index (χ3v) is 5.26. The number of allylic oxidation sites excluding steroid dienone is 1. The second kappa shape index (κ2) is 10.6. The maximum absolute atomic E-state index is 12.9. The highest BCUT2D eigenvalue weighted by Crippen LogP contribution is 2.39. The van der Waals surface area contributed by atoms with Crippen molar-refractivity contribution in [1.29, 1.82) is 0 Å². The average Bonchev–Trinajstić information content (AvgIpc) is 3.20. The highest BCUT2D eigenvalue weighted by Gasteiger charge is 2.28. The molecule has 1 heterocycles. The molecule has 3 aromatic rings. The van der Waals surface area contributed by atoms with Crippen molar-refractivity contribution < 1.29 is 38.0 Å². The number of ether oxygens (including phenoxy) is 6. The van der Waals surface area contributed by atoms with Gasteiger partial charge in [-0.1, -0.05) is 30.3 Å². The first kappa shape index (κ1) is 23.7. The van der Waals surface area contributed by atoms with E-state index in [1.54, 1.807) is 36.4 Å². The lowest BCUT2D eigenvalue weighted by Gasteiger charge is -2.12. The Bertz CT molecular complexity index is 1260. The molecule has 0 saturated carbocycles. The van der Waals surface area contributed by atoms with Crippen molar-refractivity contribution >= 4 is 17.8 Å². The molecule has 0 unspecified atom stereocenters. The zero-order valence-corrected chi connectivity index (χ0v) is 19.5. The highest BCUT2D eigenvalue weighted by atomic mass is 16.6. The van der Waals surface area contributed by atoms with Crippen LogP contribution >= 0.6 is 0 Å². The first-order chi connectivity index (χ1) is 17.0. The summed E-state index contributed by atoms with van der Waals surface area (Å²) in [4.78, 5) is 24.9. The second-order valence-electron chi connectivity index (χ2n) is 7.48. The van der Waals surface area contributed by atoms with Gasteiger partial charge in [-0.25, -0.2) is 4.79 Å². The maximum atomic E-state index is 12.9. The van der Waals surface area contributed by atoms with Crippen molar-refractivity contribution in [2.45, 2.75) is 6.61 Å². The summed E-state index contributed by atoms with van der Waals surface area (Å²) < 4.78 is 32.6. The molecule has 0 bridgehead atoms. The summed E-state index contributed by atoms with van der Waals surface area (Å²) in [7, 11) is 4.56. The van der Waals surface area contributed by atoms with Crippen molar-refractivity contribution in [2.75, 3.05) is 27.9 Å². The fourth-order valence-electron chi connectivity index (χ4n) is 3.49. The normalized spacial score (nSPS) is 13.1. The molecule has 0 aromatic heterocycles. The van der Waals surface area contributed by atoms with Gasteiger partial charge in [0.05, 0.1) is 26.9 Å². The van der Waals surface area contributed by atoms with E-state index in [0.717, 1.165) is 5.56 Å². The Kier molecular flexibility index (Phi) is 7.21. The molecule has 35 heavy (non-hydrogen) atoms. The van der Waals surface area contributed by atoms with E-state index in [9.17, 15) is 9.59 Å². The van der Waals surface area contributed by atoms with Gasteiger partial charge in [0.25, 0.3) is 0 Å². The Morgan fingerprint density at radius 2 is 1.60 bits per heavy atom. The van der Waals surface area contributed by atoms with Crippen LogP contribution < -0.4 is 23.7 Å². The summed E-state index contributed by atoms with van der Waals surface area (Å²) >= 11 is 0. The topological polar surface area (TPSA) is 89.5 Å². The Balaban J connectivity index is 1.44. The van der Waals surface area contributed by atoms with Gasteiger partial charge in [0.15, 0.2) is 23.9 Å². The minimum atomic E-state index is -0.507. The van der Waals surface area contributed by atoms with Crippen LogP contribution in [0.15, 0.2) is 66.4 Å². The second-order valence-corrected chi connectivity index (χ2v) is 7.48. The lowest BCUT2D eigenvalue weighted by atomic mass is 10.1. The van der Waals surface area contributed by atoms with Gasteiger partial charge in [-0.15, -0.1) is 0 Å². The van der Waals surface area contributed by atoms with Crippen LogP contribution in [0.4, 0.5) is 0 Å². The van der Waals surface area contributed by atoms with E-state index in [4.69, 9.17) is 28.4 Å². The Hall–Kier alpha value is -4.46. The molecule has 0 radical (unpaired) electrons. The van der Waals surface area contributed by atoms with Crippen LogP contribution in [-0.4, -0.2) is 39.7 Å². The van der Waals surface area contributed by atoms with Gasteiger partial charge >= 0.3 is 5.97 Å². The number of methoxy groups -OCH3 is 3. The molecule has 0 saturated heterocycles. The smallest absolute Gasteiger partial charge is 0.344 e. The summed E-state index contributed by atoms with van der Waals surface area (Å²) in [6.45, 7) is -0.107. The van der Waals surface area contributed by atoms with E-state index in [1.807, 2.05) is 30.3 Å². The van der Waals surface area contributed by atoms with Crippen molar-refractivity contribution in [3.8, 4) is 28.7 Å². The van der Waals surface area contributed by atoms with E-state index in [0.29, 0.717) is 39.9 Å². The van der Waals surface area contributed by atoms with Gasteiger partial charge in [-0.3, -0.25) is 4.79 Å². The monoisotopic (exact) mass is 476 g/mol. The third-order valence-electron chi connectivity index (χ3n) is 5.26. The van der Waals surface area contributed by atoms with Crippen molar-refractivity contribution in [3.63, 3.8) is 0 Å². The molecule has 4 rings (SSSR count). The standard InChI is InChI=1S/C27H24O8/c1-30-21-14-24(32-3)23(31-2)11-18(21)12-25-27(29)20-10-9-19(13-22(20)35-25)33-16-26(28)34-15-17-7-5-4-6-8-17/h4-14H,15-16H2,1-3H3/b25-12-. The molecule has 1 aliphatic rings. The Morgan fingerprint density at radius 1 is 0.886 bits per heavy atom. The van der Waals surface area contributed by atoms with Crippen LogP contribution in [-0.2, 0) is 16.1 Å². The van der Waals surface area contributed by atoms with E-state index in [1.165, 1.54) is 21.3 Å². The third kappa shape index (κ3) is 5.38. The molecule has 3 aromatic carbocycles. The zero-order valence-electron chi connectivity index (χ0n) is 19.5. The molecule has 180 valence electrons. The molecule has 8 heteroatoms. The number of hydrogen-bond acceptors (Lipinski definition) is 8. The lowest BCUT2D eigenvalue weighted by Crippen LogP contribution is -2.14. The van der Waals surface area contributed by atoms with Crippen molar-refractivity contribution in [1.82, 2.24) is 0 Å².